The molecular weight excluding hydrogens is 552 g/mol. The van der Waals surface area contributed by atoms with Gasteiger partial charge in [0.05, 0.1) is 14.0 Å². The molecule has 0 aliphatic heterocycles. The minimum atomic E-state index is -3.81. The standard InChI is InChI=1S/C17H21Br3N2O3S/c1-10-4-6-11(7-5-10)26(24,25)22-21-14(23)17-9-8-16(12(17)18,13(19)20)15(17,2)3/h4-7,12-13,22H,8-9H2,1-3H3,(H,21,23). The molecule has 3 aliphatic rings. The minimum Gasteiger partial charge on any atom is -0.277 e. The van der Waals surface area contributed by atoms with Gasteiger partial charge in [0.2, 0.25) is 5.91 Å². The molecule has 144 valence electrons. The maximum Gasteiger partial charge on any atom is 0.257 e. The maximum absolute atomic E-state index is 13.0. The number of amides is 1. The van der Waals surface area contributed by atoms with Crippen LogP contribution in [0.25, 0.3) is 0 Å². The number of sulfonamides is 1. The molecule has 2 bridgehead atoms. The predicted octanol–water partition coefficient (Wildman–Crippen LogP) is 3.99. The lowest BCUT2D eigenvalue weighted by Gasteiger charge is -2.66. The number of carbonyl (C=O) groups excluding carboxylic acids is 1. The molecule has 3 fully saturated rings. The Morgan fingerprint density at radius 1 is 1.19 bits per heavy atom. The molecule has 0 aromatic heterocycles. The second-order valence-electron chi connectivity index (χ2n) is 7.67. The van der Waals surface area contributed by atoms with Gasteiger partial charge in [-0.2, -0.15) is 0 Å². The number of rotatable bonds is 5. The van der Waals surface area contributed by atoms with Crippen LogP contribution in [0, 0.1) is 23.2 Å². The maximum atomic E-state index is 13.0. The van der Waals surface area contributed by atoms with Crippen molar-refractivity contribution in [1.82, 2.24) is 10.3 Å². The summed E-state index contributed by atoms with van der Waals surface area (Å²) >= 11 is 11.0. The summed E-state index contributed by atoms with van der Waals surface area (Å²) in [6.45, 7) is 6.02. The van der Waals surface area contributed by atoms with Crippen molar-refractivity contribution < 1.29 is 13.2 Å². The summed E-state index contributed by atoms with van der Waals surface area (Å²) in [6, 6.07) is 6.47. The molecule has 1 aromatic carbocycles. The normalized spacial score (nSPS) is 32.3. The molecular formula is C17H21Br3N2O3S. The van der Waals surface area contributed by atoms with Gasteiger partial charge in [0.1, 0.15) is 0 Å². The summed E-state index contributed by atoms with van der Waals surface area (Å²) in [5.74, 6) is -0.297. The number of hydrogen-bond donors (Lipinski definition) is 2. The van der Waals surface area contributed by atoms with Crippen LogP contribution in [0.4, 0.5) is 0 Å². The van der Waals surface area contributed by atoms with Gasteiger partial charge in [0, 0.05) is 10.2 Å². The summed E-state index contributed by atoms with van der Waals surface area (Å²) in [5.41, 5.74) is 2.35. The van der Waals surface area contributed by atoms with E-state index < -0.39 is 15.4 Å². The molecule has 0 radical (unpaired) electrons. The Morgan fingerprint density at radius 2 is 1.77 bits per heavy atom. The summed E-state index contributed by atoms with van der Waals surface area (Å²) in [7, 11) is -3.81. The number of hydrogen-bond acceptors (Lipinski definition) is 3. The molecule has 3 saturated carbocycles. The highest BCUT2D eigenvalue weighted by atomic mass is 79.9. The molecule has 9 heteroatoms. The number of halogens is 3. The Labute approximate surface area is 179 Å². The highest BCUT2D eigenvalue weighted by Gasteiger charge is 2.83. The number of benzene rings is 1. The van der Waals surface area contributed by atoms with Crippen molar-refractivity contribution in [2.75, 3.05) is 0 Å². The molecule has 1 amide bonds. The van der Waals surface area contributed by atoms with Crippen LogP contribution in [-0.2, 0) is 14.8 Å². The second kappa shape index (κ2) is 6.54. The van der Waals surface area contributed by atoms with Crippen LogP contribution in [0.5, 0.6) is 0 Å². The van der Waals surface area contributed by atoms with E-state index in [1.165, 1.54) is 12.1 Å². The predicted molar refractivity (Wildman–Crippen MR) is 112 cm³/mol. The highest BCUT2D eigenvalue weighted by Crippen LogP contribution is 2.82. The summed E-state index contributed by atoms with van der Waals surface area (Å²) < 4.78 is 24.9. The van der Waals surface area contributed by atoms with E-state index in [2.05, 4.69) is 71.9 Å². The van der Waals surface area contributed by atoms with Gasteiger partial charge < -0.3 is 0 Å². The fourth-order valence-electron chi connectivity index (χ4n) is 4.70. The van der Waals surface area contributed by atoms with Gasteiger partial charge in [-0.25, -0.2) is 8.42 Å². The van der Waals surface area contributed by atoms with E-state index in [4.69, 9.17) is 0 Å². The molecule has 5 nitrogen and oxygen atoms in total. The van der Waals surface area contributed by atoms with E-state index in [1.807, 2.05) is 6.92 Å². The van der Waals surface area contributed by atoms with Gasteiger partial charge in [-0.15, -0.1) is 4.83 Å². The van der Waals surface area contributed by atoms with Gasteiger partial charge in [-0.1, -0.05) is 79.3 Å². The lowest BCUT2D eigenvalue weighted by molar-refractivity contribution is -0.162. The van der Waals surface area contributed by atoms with Crippen LogP contribution in [0.1, 0.15) is 32.3 Å². The zero-order valence-electron chi connectivity index (χ0n) is 14.6. The number of hydrazine groups is 1. The van der Waals surface area contributed by atoms with E-state index in [1.54, 1.807) is 12.1 Å². The zero-order chi connectivity index (χ0) is 19.5. The van der Waals surface area contributed by atoms with E-state index in [0.29, 0.717) is 6.42 Å². The molecule has 3 atom stereocenters. The molecule has 0 spiro atoms. The molecule has 2 N–H and O–H groups in total. The Morgan fingerprint density at radius 3 is 2.23 bits per heavy atom. The molecule has 1 aromatic rings. The zero-order valence-corrected chi connectivity index (χ0v) is 20.2. The number of fused-ring (bicyclic) bond motifs is 1. The molecule has 3 aliphatic carbocycles. The highest BCUT2D eigenvalue weighted by molar-refractivity contribution is 9.24. The first-order chi connectivity index (χ1) is 11.9. The van der Waals surface area contributed by atoms with E-state index in [9.17, 15) is 13.2 Å². The molecule has 0 heterocycles. The molecule has 26 heavy (non-hydrogen) atoms. The topological polar surface area (TPSA) is 75.3 Å². The first-order valence-corrected chi connectivity index (χ1v) is 12.5. The minimum absolute atomic E-state index is 0.0508. The first-order valence-electron chi connectivity index (χ1n) is 8.24. The summed E-state index contributed by atoms with van der Waals surface area (Å²) in [4.78, 5) is 15.3. The summed E-state index contributed by atoms with van der Waals surface area (Å²) in [6.07, 6.45) is 1.57. The Balaban J connectivity index is 1.78. The van der Waals surface area contributed by atoms with Crippen molar-refractivity contribution in [3.8, 4) is 0 Å². The quantitative estimate of drug-likeness (QED) is 0.414. The molecule has 3 unspecified atom stereocenters. The van der Waals surface area contributed by atoms with Crippen LogP contribution < -0.4 is 10.3 Å². The lowest BCUT2D eigenvalue weighted by Crippen LogP contribution is -2.72. The van der Waals surface area contributed by atoms with Gasteiger partial charge in [0.15, 0.2) is 0 Å². The third-order valence-corrected chi connectivity index (χ3v) is 11.0. The second-order valence-corrected chi connectivity index (χ2v) is 13.3. The van der Waals surface area contributed by atoms with E-state index >= 15 is 0 Å². The van der Waals surface area contributed by atoms with Crippen molar-refractivity contribution >= 4 is 63.7 Å². The summed E-state index contributed by atoms with van der Waals surface area (Å²) in [5, 5.41) is 0. The van der Waals surface area contributed by atoms with E-state index in [-0.39, 0.29) is 30.2 Å². The third kappa shape index (κ3) is 2.53. The lowest BCUT2D eigenvalue weighted by atomic mass is 9.43. The van der Waals surface area contributed by atoms with Crippen LogP contribution in [0.2, 0.25) is 0 Å². The van der Waals surface area contributed by atoms with Gasteiger partial charge in [-0.05, 0) is 37.3 Å². The average Bonchev–Trinajstić information content (AvgIpc) is 3.03. The van der Waals surface area contributed by atoms with Crippen LogP contribution in [0.15, 0.2) is 29.2 Å². The van der Waals surface area contributed by atoms with E-state index in [0.717, 1.165) is 12.0 Å². The van der Waals surface area contributed by atoms with Crippen molar-refractivity contribution in [2.24, 2.45) is 16.2 Å². The SMILES string of the molecule is Cc1ccc(S(=O)(=O)NNC(=O)C23CCC(C(Br)Br)(C2Br)C3(C)C)cc1. The number of carbonyl (C=O) groups is 1. The van der Waals surface area contributed by atoms with Crippen LogP contribution in [0.3, 0.4) is 0 Å². The fourth-order valence-corrected chi connectivity index (χ4v) is 10.5. The fraction of sp³-hybridized carbons (Fsp3) is 0.588. The first kappa shape index (κ1) is 20.8. The Bertz CT molecular complexity index is 841. The van der Waals surface area contributed by atoms with Gasteiger partial charge in [0.25, 0.3) is 10.0 Å². The van der Waals surface area contributed by atoms with Crippen LogP contribution >= 0.6 is 47.8 Å². The number of aryl methyl sites for hydroxylation is 1. The van der Waals surface area contributed by atoms with Gasteiger partial charge >= 0.3 is 0 Å². The third-order valence-electron chi connectivity index (χ3n) is 6.52. The average molecular weight is 573 g/mol. The smallest absolute Gasteiger partial charge is 0.257 e. The Hall–Kier alpha value is 0.0400. The Kier molecular flexibility index (Phi) is 5.22. The van der Waals surface area contributed by atoms with Crippen molar-refractivity contribution in [3.05, 3.63) is 29.8 Å². The molecule has 0 saturated heterocycles. The van der Waals surface area contributed by atoms with Crippen molar-refractivity contribution in [2.45, 2.75) is 47.1 Å². The van der Waals surface area contributed by atoms with Crippen molar-refractivity contribution in [1.29, 1.82) is 0 Å². The monoisotopic (exact) mass is 570 g/mol. The largest absolute Gasteiger partial charge is 0.277 e. The number of nitrogens with one attached hydrogen (secondary N) is 2. The van der Waals surface area contributed by atoms with Crippen molar-refractivity contribution in [3.63, 3.8) is 0 Å². The molecule has 4 rings (SSSR count). The van der Waals surface area contributed by atoms with Gasteiger partial charge in [-0.3, -0.25) is 10.2 Å². The van der Waals surface area contributed by atoms with Crippen LogP contribution in [-0.4, -0.2) is 22.9 Å². The number of alkyl halides is 3.